The predicted octanol–water partition coefficient (Wildman–Crippen LogP) is 4.95. The van der Waals surface area contributed by atoms with Gasteiger partial charge in [-0.1, -0.05) is 30.3 Å². The Morgan fingerprint density at radius 3 is 2.58 bits per heavy atom. The van der Waals surface area contributed by atoms with Gasteiger partial charge >= 0.3 is 0 Å². The van der Waals surface area contributed by atoms with E-state index in [1.165, 1.54) is 17.7 Å². The lowest BCUT2D eigenvalue weighted by atomic mass is 10.2. The molecule has 0 bridgehead atoms. The molecule has 1 aliphatic rings. The summed E-state index contributed by atoms with van der Waals surface area (Å²) in [4.78, 5) is 4.79. The van der Waals surface area contributed by atoms with Crippen molar-refractivity contribution < 1.29 is 4.39 Å². The molecule has 5 rings (SSSR count). The number of aromatic nitrogens is 1. The van der Waals surface area contributed by atoms with Crippen molar-refractivity contribution in [3.8, 4) is 10.6 Å². The second-order valence-electron chi connectivity index (χ2n) is 6.14. The van der Waals surface area contributed by atoms with Gasteiger partial charge in [0.1, 0.15) is 22.0 Å². The van der Waals surface area contributed by atoms with Crippen molar-refractivity contribution >= 4 is 32.9 Å². The summed E-state index contributed by atoms with van der Waals surface area (Å²) in [7, 11) is 0. The molecular formula is C20H15FN4S. The Morgan fingerprint density at radius 2 is 1.77 bits per heavy atom. The molecular weight excluding hydrogens is 347 g/mol. The van der Waals surface area contributed by atoms with E-state index in [4.69, 9.17) is 4.98 Å². The molecule has 26 heavy (non-hydrogen) atoms. The summed E-state index contributed by atoms with van der Waals surface area (Å²) in [6.45, 7) is 0.751. The van der Waals surface area contributed by atoms with E-state index in [-0.39, 0.29) is 5.82 Å². The molecule has 0 saturated heterocycles. The van der Waals surface area contributed by atoms with Gasteiger partial charge in [0, 0.05) is 5.56 Å². The zero-order valence-corrected chi connectivity index (χ0v) is 14.6. The Balaban J connectivity index is 1.52. The quantitative estimate of drug-likeness (QED) is 0.541. The monoisotopic (exact) mass is 362 g/mol. The largest absolute Gasteiger partial charge is 0.300 e. The second-order valence-corrected chi connectivity index (χ2v) is 7.17. The number of nitrogens with one attached hydrogen (secondary N) is 2. The number of thiazole rings is 1. The van der Waals surface area contributed by atoms with Crippen LogP contribution in [0.2, 0.25) is 0 Å². The van der Waals surface area contributed by atoms with E-state index in [2.05, 4.69) is 40.2 Å². The second kappa shape index (κ2) is 6.09. The summed E-state index contributed by atoms with van der Waals surface area (Å²) in [6, 6.07) is 21.0. The Morgan fingerprint density at radius 1 is 0.962 bits per heavy atom. The molecule has 1 aliphatic heterocycles. The van der Waals surface area contributed by atoms with Gasteiger partial charge in [0.25, 0.3) is 0 Å². The van der Waals surface area contributed by atoms with Crippen molar-refractivity contribution in [3.63, 3.8) is 0 Å². The van der Waals surface area contributed by atoms with E-state index >= 15 is 0 Å². The fraction of sp³-hybridized carbons (Fsp3) is 0.0500. The molecule has 0 fully saturated rings. The van der Waals surface area contributed by atoms with E-state index < -0.39 is 0 Å². The minimum atomic E-state index is -0.238. The van der Waals surface area contributed by atoms with Crippen LogP contribution < -0.4 is 16.0 Å². The van der Waals surface area contributed by atoms with Gasteiger partial charge in [-0.25, -0.2) is 9.37 Å². The maximum Gasteiger partial charge on any atom is 0.124 e. The molecule has 4 nitrogen and oxygen atoms in total. The fourth-order valence-corrected chi connectivity index (χ4v) is 4.10. The van der Waals surface area contributed by atoms with Crippen LogP contribution in [0.15, 0.2) is 66.7 Å². The molecule has 0 radical (unpaired) electrons. The van der Waals surface area contributed by atoms with Crippen molar-refractivity contribution in [2.75, 3.05) is 10.4 Å². The first kappa shape index (κ1) is 15.3. The molecule has 2 heterocycles. The minimum absolute atomic E-state index is 0.238. The van der Waals surface area contributed by atoms with Crippen LogP contribution in [-0.4, -0.2) is 4.98 Å². The lowest BCUT2D eigenvalue weighted by Crippen LogP contribution is -2.35. The number of hydrogen-bond donors (Lipinski definition) is 2. The van der Waals surface area contributed by atoms with Crippen molar-refractivity contribution in [2.24, 2.45) is 0 Å². The number of hydrogen-bond acceptors (Lipinski definition) is 5. The Hall–Kier alpha value is -2.96. The summed E-state index contributed by atoms with van der Waals surface area (Å²) >= 11 is 1.61. The van der Waals surface area contributed by atoms with E-state index in [9.17, 15) is 4.39 Å². The average Bonchev–Trinajstić information content (AvgIpc) is 3.27. The van der Waals surface area contributed by atoms with Crippen LogP contribution in [-0.2, 0) is 6.54 Å². The Kier molecular flexibility index (Phi) is 3.58. The number of benzene rings is 3. The Bertz CT molecular complexity index is 1080. The highest BCUT2D eigenvalue weighted by molar-refractivity contribution is 7.21. The van der Waals surface area contributed by atoms with Crippen LogP contribution in [0.3, 0.4) is 0 Å². The molecule has 4 aromatic rings. The molecule has 0 unspecified atom stereocenters. The molecule has 6 heteroatoms. The summed E-state index contributed by atoms with van der Waals surface area (Å²) in [5, 5.41) is 2.96. The van der Waals surface area contributed by atoms with Crippen LogP contribution in [0.25, 0.3) is 20.8 Å². The topological polar surface area (TPSA) is 40.2 Å². The third kappa shape index (κ3) is 2.60. The van der Waals surface area contributed by atoms with Crippen molar-refractivity contribution in [1.29, 1.82) is 0 Å². The molecule has 0 saturated carbocycles. The first-order valence-corrected chi connectivity index (χ1v) is 9.12. The maximum atomic E-state index is 13.2. The summed E-state index contributed by atoms with van der Waals surface area (Å²) < 4.78 is 14.3. The van der Waals surface area contributed by atoms with E-state index in [0.29, 0.717) is 0 Å². The average molecular weight is 362 g/mol. The molecule has 0 aliphatic carbocycles. The van der Waals surface area contributed by atoms with Crippen LogP contribution in [0.1, 0.15) is 5.56 Å². The minimum Gasteiger partial charge on any atom is -0.300 e. The van der Waals surface area contributed by atoms with Gasteiger partial charge in [0.15, 0.2) is 0 Å². The number of nitrogens with zero attached hydrogens (tertiary/aromatic N) is 2. The van der Waals surface area contributed by atoms with E-state index in [1.54, 1.807) is 23.5 Å². The van der Waals surface area contributed by atoms with Crippen LogP contribution in [0, 0.1) is 5.82 Å². The molecule has 128 valence electrons. The number of rotatable bonds is 3. The molecule has 0 amide bonds. The van der Waals surface area contributed by atoms with Gasteiger partial charge in [-0.05, 0) is 42.0 Å². The van der Waals surface area contributed by atoms with Gasteiger partial charge in [-0.3, -0.25) is 10.4 Å². The standard InChI is InChI=1S/C20H15FN4S/c21-15-8-6-14(7-9-15)20-22-19-17(26-20)11-10-16-18(19)23-24-25(16)12-13-4-2-1-3-5-13/h1-11,23-24H,12H2. The smallest absolute Gasteiger partial charge is 0.124 e. The van der Waals surface area contributed by atoms with Crippen LogP contribution >= 0.6 is 11.3 Å². The van der Waals surface area contributed by atoms with Gasteiger partial charge in [-0.2, -0.15) is 0 Å². The summed E-state index contributed by atoms with van der Waals surface area (Å²) in [6.07, 6.45) is 0. The maximum absolute atomic E-state index is 13.2. The van der Waals surface area contributed by atoms with Crippen LogP contribution in [0.4, 0.5) is 15.8 Å². The zero-order valence-electron chi connectivity index (χ0n) is 13.7. The van der Waals surface area contributed by atoms with Crippen molar-refractivity contribution in [3.05, 3.63) is 78.1 Å². The highest BCUT2D eigenvalue weighted by Gasteiger charge is 2.23. The van der Waals surface area contributed by atoms with Crippen molar-refractivity contribution in [2.45, 2.75) is 6.54 Å². The lowest BCUT2D eigenvalue weighted by molar-refractivity contribution is 0.628. The molecule has 2 N–H and O–H groups in total. The third-order valence-corrected chi connectivity index (χ3v) is 5.49. The number of hydrazine groups is 2. The zero-order chi connectivity index (χ0) is 17.5. The van der Waals surface area contributed by atoms with Gasteiger partial charge in [-0.15, -0.1) is 16.9 Å². The fourth-order valence-electron chi connectivity index (χ4n) is 3.12. The molecule has 1 aromatic heterocycles. The summed E-state index contributed by atoms with van der Waals surface area (Å²) in [5.41, 5.74) is 11.6. The van der Waals surface area contributed by atoms with Gasteiger partial charge in [0.05, 0.1) is 16.9 Å². The van der Waals surface area contributed by atoms with Crippen molar-refractivity contribution in [1.82, 2.24) is 10.5 Å². The number of halogens is 1. The van der Waals surface area contributed by atoms with E-state index in [0.717, 1.165) is 38.7 Å². The first-order valence-electron chi connectivity index (χ1n) is 8.30. The highest BCUT2D eigenvalue weighted by atomic mass is 32.1. The van der Waals surface area contributed by atoms with Crippen LogP contribution in [0.5, 0.6) is 0 Å². The third-order valence-electron chi connectivity index (χ3n) is 4.42. The van der Waals surface area contributed by atoms with Gasteiger partial charge in [0.2, 0.25) is 0 Å². The lowest BCUT2D eigenvalue weighted by Gasteiger charge is -2.17. The Labute approximate surface area is 153 Å². The predicted molar refractivity (Wildman–Crippen MR) is 104 cm³/mol. The van der Waals surface area contributed by atoms with E-state index in [1.807, 2.05) is 18.2 Å². The number of anilines is 2. The molecule has 0 atom stereocenters. The SMILES string of the molecule is Fc1ccc(-c2nc3c4c(ccc3s2)N(Cc2ccccc2)NN4)cc1. The first-order chi connectivity index (χ1) is 12.8. The normalized spacial score (nSPS) is 13.0. The molecule has 3 aromatic carbocycles. The summed E-state index contributed by atoms with van der Waals surface area (Å²) in [5.74, 6) is -0.238. The van der Waals surface area contributed by atoms with Gasteiger partial charge < -0.3 is 0 Å². The number of fused-ring (bicyclic) bond motifs is 3. The highest BCUT2D eigenvalue weighted by Crippen LogP contribution is 2.40. The molecule has 0 spiro atoms.